The summed E-state index contributed by atoms with van der Waals surface area (Å²) in [6.07, 6.45) is 4.99. The SMILES string of the molecule is CN(C)CCCN/C=C/CN. The molecule has 0 aromatic heterocycles. The lowest BCUT2D eigenvalue weighted by molar-refractivity contribution is 0.399. The van der Waals surface area contributed by atoms with Crippen molar-refractivity contribution in [2.45, 2.75) is 6.42 Å². The zero-order chi connectivity index (χ0) is 8.53. The molecule has 66 valence electrons. The lowest BCUT2D eigenvalue weighted by Gasteiger charge is -2.08. The second kappa shape index (κ2) is 7.57. The highest BCUT2D eigenvalue weighted by Crippen LogP contribution is 1.79. The molecule has 0 fully saturated rings. The summed E-state index contributed by atoms with van der Waals surface area (Å²) in [5.41, 5.74) is 5.26. The lowest BCUT2D eigenvalue weighted by atomic mass is 10.4. The van der Waals surface area contributed by atoms with Crippen LogP contribution in [-0.2, 0) is 0 Å². The first-order valence-electron chi connectivity index (χ1n) is 4.00. The number of hydrogen-bond acceptors (Lipinski definition) is 3. The molecule has 11 heavy (non-hydrogen) atoms. The largest absolute Gasteiger partial charge is 0.391 e. The molecule has 0 heterocycles. The van der Waals surface area contributed by atoms with E-state index < -0.39 is 0 Å². The molecule has 0 aromatic carbocycles. The zero-order valence-electron chi connectivity index (χ0n) is 7.51. The third-order valence-corrected chi connectivity index (χ3v) is 1.30. The van der Waals surface area contributed by atoms with E-state index in [0.717, 1.165) is 13.1 Å². The molecule has 3 heteroatoms. The van der Waals surface area contributed by atoms with Crippen LogP contribution in [0.4, 0.5) is 0 Å². The predicted octanol–water partition coefficient (Wildman–Crippen LogP) is 0.000100. The van der Waals surface area contributed by atoms with Crippen molar-refractivity contribution in [2.24, 2.45) is 5.73 Å². The molecule has 0 aliphatic carbocycles. The van der Waals surface area contributed by atoms with Crippen molar-refractivity contribution in [3.63, 3.8) is 0 Å². The van der Waals surface area contributed by atoms with Crippen LogP contribution in [-0.4, -0.2) is 38.6 Å². The third kappa shape index (κ3) is 9.46. The topological polar surface area (TPSA) is 41.3 Å². The Hall–Kier alpha value is -0.540. The molecule has 0 saturated heterocycles. The van der Waals surface area contributed by atoms with E-state index in [2.05, 4.69) is 24.3 Å². The van der Waals surface area contributed by atoms with E-state index in [1.807, 2.05) is 12.3 Å². The fraction of sp³-hybridized carbons (Fsp3) is 0.750. The van der Waals surface area contributed by atoms with Crippen LogP contribution in [0, 0.1) is 0 Å². The van der Waals surface area contributed by atoms with Gasteiger partial charge in [-0.2, -0.15) is 0 Å². The minimum atomic E-state index is 0.612. The van der Waals surface area contributed by atoms with E-state index in [1.54, 1.807) is 0 Å². The maximum atomic E-state index is 5.26. The molecule has 0 radical (unpaired) electrons. The summed E-state index contributed by atoms with van der Waals surface area (Å²) < 4.78 is 0. The molecule has 3 nitrogen and oxygen atoms in total. The molecule has 0 bridgehead atoms. The maximum absolute atomic E-state index is 5.26. The van der Waals surface area contributed by atoms with Gasteiger partial charge in [0.05, 0.1) is 0 Å². The Bertz CT molecular complexity index is 99.5. The average Bonchev–Trinajstić information content (AvgIpc) is 1.96. The second-order valence-electron chi connectivity index (χ2n) is 2.75. The molecule has 0 aliphatic heterocycles. The van der Waals surface area contributed by atoms with E-state index in [0.29, 0.717) is 6.54 Å². The van der Waals surface area contributed by atoms with Crippen LogP contribution in [0.2, 0.25) is 0 Å². The van der Waals surface area contributed by atoms with E-state index in [-0.39, 0.29) is 0 Å². The fourth-order valence-electron chi connectivity index (χ4n) is 0.732. The highest BCUT2D eigenvalue weighted by atomic mass is 15.0. The molecule has 0 aromatic rings. The van der Waals surface area contributed by atoms with Crippen molar-refractivity contribution in [2.75, 3.05) is 33.7 Å². The minimum Gasteiger partial charge on any atom is -0.391 e. The summed E-state index contributed by atoms with van der Waals surface area (Å²) in [4.78, 5) is 2.17. The maximum Gasteiger partial charge on any atom is 0.0153 e. The van der Waals surface area contributed by atoms with Crippen LogP contribution in [0.25, 0.3) is 0 Å². The van der Waals surface area contributed by atoms with Crippen LogP contribution >= 0.6 is 0 Å². The molecule has 0 amide bonds. The number of nitrogens with one attached hydrogen (secondary N) is 1. The van der Waals surface area contributed by atoms with Gasteiger partial charge in [-0.25, -0.2) is 0 Å². The molecule has 0 spiro atoms. The van der Waals surface area contributed by atoms with Crippen LogP contribution in [0.15, 0.2) is 12.3 Å². The van der Waals surface area contributed by atoms with Gasteiger partial charge < -0.3 is 16.0 Å². The van der Waals surface area contributed by atoms with Crippen molar-refractivity contribution < 1.29 is 0 Å². The second-order valence-corrected chi connectivity index (χ2v) is 2.75. The normalized spacial score (nSPS) is 11.3. The van der Waals surface area contributed by atoms with Crippen molar-refractivity contribution in [3.8, 4) is 0 Å². The Labute approximate surface area is 69.3 Å². The Kier molecular flexibility index (Phi) is 7.19. The van der Waals surface area contributed by atoms with Crippen molar-refractivity contribution in [1.82, 2.24) is 10.2 Å². The minimum absolute atomic E-state index is 0.612. The number of rotatable bonds is 6. The first kappa shape index (κ1) is 10.5. The highest BCUT2D eigenvalue weighted by molar-refractivity contribution is 4.79. The van der Waals surface area contributed by atoms with Gasteiger partial charge >= 0.3 is 0 Å². The summed E-state index contributed by atoms with van der Waals surface area (Å²) >= 11 is 0. The van der Waals surface area contributed by atoms with Gasteiger partial charge in [0.15, 0.2) is 0 Å². The summed E-state index contributed by atoms with van der Waals surface area (Å²) in [5.74, 6) is 0. The first-order chi connectivity index (χ1) is 5.27. The summed E-state index contributed by atoms with van der Waals surface area (Å²) in [6, 6.07) is 0. The highest BCUT2D eigenvalue weighted by Gasteiger charge is 1.86. The summed E-state index contributed by atoms with van der Waals surface area (Å²) in [5, 5.41) is 3.15. The van der Waals surface area contributed by atoms with E-state index in [4.69, 9.17) is 5.73 Å². The first-order valence-corrected chi connectivity index (χ1v) is 4.00. The van der Waals surface area contributed by atoms with Gasteiger partial charge in [0.1, 0.15) is 0 Å². The van der Waals surface area contributed by atoms with Crippen LogP contribution in [0.3, 0.4) is 0 Å². The standard InChI is InChI=1S/C8H19N3/c1-11(2)8-4-7-10-6-3-5-9/h3,6,10H,4-5,7-9H2,1-2H3/b6-3+. The quantitative estimate of drug-likeness (QED) is 0.533. The van der Waals surface area contributed by atoms with Crippen molar-refractivity contribution in [3.05, 3.63) is 12.3 Å². The predicted molar refractivity (Wildman–Crippen MR) is 49.4 cm³/mol. The third-order valence-electron chi connectivity index (χ3n) is 1.30. The van der Waals surface area contributed by atoms with E-state index in [9.17, 15) is 0 Å². The molecular weight excluding hydrogens is 138 g/mol. The summed E-state index contributed by atoms with van der Waals surface area (Å²) in [6.45, 7) is 2.76. The van der Waals surface area contributed by atoms with Gasteiger partial charge in [-0.05, 0) is 33.3 Å². The van der Waals surface area contributed by atoms with E-state index in [1.165, 1.54) is 6.42 Å². The Morgan fingerprint density at radius 1 is 1.45 bits per heavy atom. The van der Waals surface area contributed by atoms with Gasteiger partial charge in [0, 0.05) is 13.1 Å². The Morgan fingerprint density at radius 2 is 2.18 bits per heavy atom. The Balaban J connectivity index is 2.96. The lowest BCUT2D eigenvalue weighted by Crippen LogP contribution is -2.18. The van der Waals surface area contributed by atoms with Crippen LogP contribution in [0.1, 0.15) is 6.42 Å². The molecule has 0 unspecified atom stereocenters. The fourth-order valence-corrected chi connectivity index (χ4v) is 0.732. The van der Waals surface area contributed by atoms with Gasteiger partial charge in [0.2, 0.25) is 0 Å². The van der Waals surface area contributed by atoms with Crippen molar-refractivity contribution in [1.29, 1.82) is 0 Å². The summed E-state index contributed by atoms with van der Waals surface area (Å²) in [7, 11) is 4.16. The van der Waals surface area contributed by atoms with Gasteiger partial charge in [0.25, 0.3) is 0 Å². The molecule has 0 rings (SSSR count). The molecular formula is C8H19N3. The van der Waals surface area contributed by atoms with Crippen molar-refractivity contribution >= 4 is 0 Å². The number of hydrogen-bond donors (Lipinski definition) is 2. The Morgan fingerprint density at radius 3 is 2.73 bits per heavy atom. The number of nitrogens with two attached hydrogens (primary N) is 1. The van der Waals surface area contributed by atoms with Gasteiger partial charge in [-0.3, -0.25) is 0 Å². The molecule has 0 atom stereocenters. The molecule has 3 N–H and O–H groups in total. The molecule has 0 aliphatic rings. The number of nitrogens with zero attached hydrogens (tertiary/aromatic N) is 1. The zero-order valence-corrected chi connectivity index (χ0v) is 7.51. The van der Waals surface area contributed by atoms with Crippen LogP contribution < -0.4 is 11.1 Å². The smallest absolute Gasteiger partial charge is 0.0153 e. The van der Waals surface area contributed by atoms with Gasteiger partial charge in [-0.1, -0.05) is 6.08 Å². The van der Waals surface area contributed by atoms with E-state index >= 15 is 0 Å². The molecule has 0 saturated carbocycles. The monoisotopic (exact) mass is 157 g/mol. The average molecular weight is 157 g/mol. The van der Waals surface area contributed by atoms with Gasteiger partial charge in [-0.15, -0.1) is 0 Å². The van der Waals surface area contributed by atoms with Crippen LogP contribution in [0.5, 0.6) is 0 Å².